The topological polar surface area (TPSA) is 51.7 Å². The van der Waals surface area contributed by atoms with Gasteiger partial charge in [0.05, 0.1) is 13.0 Å². The Balaban J connectivity index is 1.52. The molecule has 0 amide bonds. The number of esters is 1. The highest BCUT2D eigenvalue weighted by Gasteiger charge is 2.34. The SMILES string of the molecule is CCOC(=O)Cc1csc2cc(OCc3ccc(C(F)(F)F)nc3N3CCCC3)ccc12. The Morgan fingerprint density at radius 1 is 1.16 bits per heavy atom. The third kappa shape index (κ3) is 4.98. The zero-order chi connectivity index (χ0) is 22.7. The van der Waals surface area contributed by atoms with Crippen LogP contribution >= 0.6 is 11.3 Å². The normalized spacial score (nSPS) is 14.2. The average Bonchev–Trinajstić information content (AvgIpc) is 3.42. The molecule has 0 radical (unpaired) electrons. The molecule has 4 rings (SSSR count). The van der Waals surface area contributed by atoms with E-state index in [9.17, 15) is 18.0 Å². The van der Waals surface area contributed by atoms with Gasteiger partial charge in [-0.15, -0.1) is 11.3 Å². The van der Waals surface area contributed by atoms with E-state index >= 15 is 0 Å². The quantitative estimate of drug-likeness (QED) is 0.426. The van der Waals surface area contributed by atoms with Gasteiger partial charge in [-0.3, -0.25) is 4.79 Å². The second-order valence-electron chi connectivity index (χ2n) is 7.56. The first-order valence-electron chi connectivity index (χ1n) is 10.5. The molecule has 1 aliphatic heterocycles. The highest BCUT2D eigenvalue weighted by molar-refractivity contribution is 7.17. The van der Waals surface area contributed by atoms with Crippen LogP contribution in [0.5, 0.6) is 5.75 Å². The molecule has 5 nitrogen and oxygen atoms in total. The number of thiophene rings is 1. The number of aromatic nitrogens is 1. The van der Waals surface area contributed by atoms with Crippen molar-refractivity contribution in [3.8, 4) is 5.75 Å². The minimum Gasteiger partial charge on any atom is -0.489 e. The van der Waals surface area contributed by atoms with E-state index in [-0.39, 0.29) is 19.0 Å². The predicted molar refractivity (Wildman–Crippen MR) is 117 cm³/mol. The van der Waals surface area contributed by atoms with Crippen LogP contribution in [-0.4, -0.2) is 30.6 Å². The molecule has 32 heavy (non-hydrogen) atoms. The van der Waals surface area contributed by atoms with Crippen molar-refractivity contribution in [1.82, 2.24) is 4.98 Å². The highest BCUT2D eigenvalue weighted by Crippen LogP contribution is 2.33. The average molecular weight is 465 g/mol. The van der Waals surface area contributed by atoms with E-state index in [0.717, 1.165) is 34.6 Å². The molecule has 3 aromatic rings. The maximum Gasteiger partial charge on any atom is 0.433 e. The molecule has 1 aliphatic rings. The van der Waals surface area contributed by atoms with Gasteiger partial charge < -0.3 is 14.4 Å². The van der Waals surface area contributed by atoms with Crippen molar-refractivity contribution >= 4 is 33.2 Å². The standard InChI is InChI=1S/C23H23F3N2O3S/c1-2-30-21(29)11-16-14-32-19-12-17(6-7-18(16)19)31-13-15-5-8-20(23(24,25)26)27-22(15)28-9-3-4-10-28/h5-8,12,14H,2-4,9-11,13H2,1H3. The summed E-state index contributed by atoms with van der Waals surface area (Å²) in [7, 11) is 0. The fourth-order valence-electron chi connectivity index (χ4n) is 3.77. The van der Waals surface area contributed by atoms with Crippen LogP contribution in [0.4, 0.5) is 19.0 Å². The number of benzene rings is 1. The summed E-state index contributed by atoms with van der Waals surface area (Å²) in [5, 5.41) is 2.89. The van der Waals surface area contributed by atoms with E-state index < -0.39 is 11.9 Å². The van der Waals surface area contributed by atoms with Gasteiger partial charge in [-0.25, -0.2) is 4.98 Å². The molecule has 0 unspecified atom stereocenters. The molecule has 0 spiro atoms. The summed E-state index contributed by atoms with van der Waals surface area (Å²) in [6.07, 6.45) is -2.41. The first-order valence-corrected chi connectivity index (χ1v) is 11.3. The largest absolute Gasteiger partial charge is 0.489 e. The number of carbonyl (C=O) groups is 1. The fraction of sp³-hybridized carbons (Fsp3) is 0.391. The molecule has 0 saturated carbocycles. The summed E-state index contributed by atoms with van der Waals surface area (Å²) in [5.41, 5.74) is 0.629. The van der Waals surface area contributed by atoms with E-state index in [4.69, 9.17) is 9.47 Å². The molecule has 1 fully saturated rings. The molecule has 1 aromatic carbocycles. The number of halogens is 3. The number of fused-ring (bicyclic) bond motifs is 1. The van der Waals surface area contributed by atoms with E-state index in [0.29, 0.717) is 36.8 Å². The molecule has 1 saturated heterocycles. The van der Waals surface area contributed by atoms with Gasteiger partial charge in [-0.2, -0.15) is 13.2 Å². The summed E-state index contributed by atoms with van der Waals surface area (Å²) < 4.78 is 51.4. The van der Waals surface area contributed by atoms with E-state index in [1.807, 2.05) is 22.4 Å². The van der Waals surface area contributed by atoms with Gasteiger partial charge in [0.1, 0.15) is 23.9 Å². The Morgan fingerprint density at radius 2 is 1.94 bits per heavy atom. The maximum atomic E-state index is 13.2. The van der Waals surface area contributed by atoms with Crippen LogP contribution in [0.2, 0.25) is 0 Å². The molecule has 0 atom stereocenters. The molecule has 0 aliphatic carbocycles. The van der Waals surface area contributed by atoms with Gasteiger partial charge in [-0.05, 0) is 66.4 Å². The monoisotopic (exact) mass is 464 g/mol. The first kappa shape index (κ1) is 22.4. The van der Waals surface area contributed by atoms with Crippen LogP contribution in [0.1, 0.15) is 36.6 Å². The highest BCUT2D eigenvalue weighted by atomic mass is 32.1. The van der Waals surface area contributed by atoms with Crippen molar-refractivity contribution in [2.75, 3.05) is 24.6 Å². The Kier molecular flexibility index (Phi) is 6.55. The number of ether oxygens (including phenoxy) is 2. The predicted octanol–water partition coefficient (Wildman–Crippen LogP) is 5.60. The number of hydrogen-bond acceptors (Lipinski definition) is 6. The van der Waals surface area contributed by atoms with E-state index in [1.165, 1.54) is 17.4 Å². The van der Waals surface area contributed by atoms with Crippen LogP contribution in [0, 0.1) is 0 Å². The van der Waals surface area contributed by atoms with Crippen molar-refractivity contribution in [3.63, 3.8) is 0 Å². The number of pyridine rings is 1. The second-order valence-corrected chi connectivity index (χ2v) is 8.47. The maximum absolute atomic E-state index is 13.2. The number of anilines is 1. The minimum absolute atomic E-state index is 0.115. The number of carbonyl (C=O) groups excluding carboxylic acids is 1. The van der Waals surface area contributed by atoms with Crippen LogP contribution in [-0.2, 0) is 28.7 Å². The van der Waals surface area contributed by atoms with Crippen molar-refractivity contribution in [2.45, 2.75) is 39.0 Å². The van der Waals surface area contributed by atoms with Gasteiger partial charge in [0.2, 0.25) is 0 Å². The van der Waals surface area contributed by atoms with E-state index in [1.54, 1.807) is 13.0 Å². The van der Waals surface area contributed by atoms with Gasteiger partial charge in [0.15, 0.2) is 0 Å². The van der Waals surface area contributed by atoms with Crippen LogP contribution in [0.15, 0.2) is 35.7 Å². The number of alkyl halides is 3. The summed E-state index contributed by atoms with van der Waals surface area (Å²) in [6, 6.07) is 8.02. The van der Waals surface area contributed by atoms with Gasteiger partial charge in [0.25, 0.3) is 0 Å². The number of rotatable bonds is 7. The Bertz CT molecular complexity index is 1110. The number of nitrogens with zero attached hydrogens (tertiary/aromatic N) is 2. The Morgan fingerprint density at radius 3 is 2.66 bits per heavy atom. The van der Waals surface area contributed by atoms with Gasteiger partial charge in [0, 0.05) is 23.4 Å². The second kappa shape index (κ2) is 9.36. The summed E-state index contributed by atoms with van der Waals surface area (Å²) in [4.78, 5) is 17.6. The van der Waals surface area contributed by atoms with Crippen molar-refractivity contribution in [1.29, 1.82) is 0 Å². The lowest BCUT2D eigenvalue weighted by molar-refractivity contribution is -0.142. The Labute approximate surface area is 187 Å². The molecular formula is C23H23F3N2O3S. The summed E-state index contributed by atoms with van der Waals surface area (Å²) >= 11 is 1.50. The zero-order valence-electron chi connectivity index (χ0n) is 17.6. The molecule has 0 N–H and O–H groups in total. The molecular weight excluding hydrogens is 441 g/mol. The third-order valence-electron chi connectivity index (χ3n) is 5.31. The zero-order valence-corrected chi connectivity index (χ0v) is 18.4. The molecule has 0 bridgehead atoms. The summed E-state index contributed by atoms with van der Waals surface area (Å²) in [6.45, 7) is 3.60. The lowest BCUT2D eigenvalue weighted by atomic mass is 10.1. The minimum atomic E-state index is -4.49. The number of hydrogen-bond donors (Lipinski definition) is 0. The third-order valence-corrected chi connectivity index (χ3v) is 6.31. The Hall–Kier alpha value is -2.81. The van der Waals surface area contributed by atoms with Gasteiger partial charge in [-0.1, -0.05) is 0 Å². The molecule has 170 valence electrons. The van der Waals surface area contributed by atoms with E-state index in [2.05, 4.69) is 4.98 Å². The van der Waals surface area contributed by atoms with Gasteiger partial charge >= 0.3 is 12.1 Å². The lowest BCUT2D eigenvalue weighted by Crippen LogP contribution is -2.23. The lowest BCUT2D eigenvalue weighted by Gasteiger charge is -2.21. The fourth-order valence-corrected chi connectivity index (χ4v) is 4.76. The first-order chi connectivity index (χ1) is 15.3. The summed E-state index contributed by atoms with van der Waals surface area (Å²) in [5.74, 6) is 0.678. The van der Waals surface area contributed by atoms with Crippen molar-refractivity contribution in [2.24, 2.45) is 0 Å². The smallest absolute Gasteiger partial charge is 0.433 e. The molecule has 3 heterocycles. The van der Waals surface area contributed by atoms with Crippen molar-refractivity contribution in [3.05, 3.63) is 52.5 Å². The van der Waals surface area contributed by atoms with Crippen LogP contribution in [0.3, 0.4) is 0 Å². The van der Waals surface area contributed by atoms with Crippen molar-refractivity contribution < 1.29 is 27.4 Å². The molecule has 9 heteroatoms. The van der Waals surface area contributed by atoms with Crippen LogP contribution in [0.25, 0.3) is 10.1 Å². The molecule has 2 aromatic heterocycles. The van der Waals surface area contributed by atoms with Crippen LogP contribution < -0.4 is 9.64 Å².